The first-order chi connectivity index (χ1) is 16.2. The predicted octanol–water partition coefficient (Wildman–Crippen LogP) is 5.52. The van der Waals surface area contributed by atoms with Crippen LogP contribution in [0.25, 0.3) is 0 Å². The van der Waals surface area contributed by atoms with Crippen LogP contribution in [0.2, 0.25) is 0 Å². The lowest BCUT2D eigenvalue weighted by Crippen LogP contribution is -2.52. The van der Waals surface area contributed by atoms with E-state index in [2.05, 4.69) is 42.6 Å². The molecule has 2 aliphatic rings. The van der Waals surface area contributed by atoms with E-state index in [0.717, 1.165) is 57.7 Å². The van der Waals surface area contributed by atoms with Gasteiger partial charge < -0.3 is 20.7 Å². The van der Waals surface area contributed by atoms with Crippen molar-refractivity contribution in [1.82, 2.24) is 10.2 Å². The van der Waals surface area contributed by atoms with Crippen LogP contribution < -0.4 is 11.1 Å². The van der Waals surface area contributed by atoms with Gasteiger partial charge in [0.1, 0.15) is 0 Å². The molecule has 5 nitrogen and oxygen atoms in total. The van der Waals surface area contributed by atoms with Gasteiger partial charge in [-0.25, -0.2) is 4.79 Å². The number of urea groups is 1. The fraction of sp³-hybridized carbons (Fsp3) is 0.750. The molecule has 3 N–H and O–H groups in total. The highest BCUT2D eigenvalue weighted by atomic mass is 16.5. The summed E-state index contributed by atoms with van der Waals surface area (Å²) >= 11 is 0. The molecule has 5 heteroatoms. The second-order valence-corrected chi connectivity index (χ2v) is 10.2. The van der Waals surface area contributed by atoms with E-state index in [1.807, 2.05) is 4.90 Å². The number of ether oxygens (including phenoxy) is 1. The molecule has 3 rings (SSSR count). The summed E-state index contributed by atoms with van der Waals surface area (Å²) in [5, 5.41) is 3.27. The third kappa shape index (κ3) is 8.94. The Morgan fingerprint density at radius 1 is 1.12 bits per heavy atom. The van der Waals surface area contributed by atoms with Gasteiger partial charge >= 0.3 is 6.03 Å². The van der Waals surface area contributed by atoms with Gasteiger partial charge in [-0.15, -0.1) is 0 Å². The second kappa shape index (κ2) is 14.6. The van der Waals surface area contributed by atoms with Gasteiger partial charge in [-0.1, -0.05) is 68.9 Å². The molecule has 33 heavy (non-hydrogen) atoms. The molecule has 1 aliphatic heterocycles. The largest absolute Gasteiger partial charge is 0.378 e. The van der Waals surface area contributed by atoms with Crippen molar-refractivity contribution in [1.29, 1.82) is 0 Å². The first-order valence-electron chi connectivity index (χ1n) is 13.6. The summed E-state index contributed by atoms with van der Waals surface area (Å²) in [5.41, 5.74) is 7.45. The van der Waals surface area contributed by atoms with Gasteiger partial charge in [0, 0.05) is 38.2 Å². The van der Waals surface area contributed by atoms with Crippen LogP contribution in [0.3, 0.4) is 0 Å². The third-order valence-corrected chi connectivity index (χ3v) is 7.65. The minimum atomic E-state index is 0.0743. The van der Waals surface area contributed by atoms with Crippen molar-refractivity contribution in [2.24, 2.45) is 17.6 Å². The molecule has 0 spiro atoms. The number of unbranched alkanes of at least 4 members (excludes halogenated alkanes) is 1. The van der Waals surface area contributed by atoms with Crippen molar-refractivity contribution in [3.63, 3.8) is 0 Å². The lowest BCUT2D eigenvalue weighted by atomic mass is 9.85. The molecule has 0 aromatic heterocycles. The van der Waals surface area contributed by atoms with Gasteiger partial charge in [0.05, 0.1) is 6.10 Å². The monoisotopic (exact) mass is 457 g/mol. The number of hydrogen-bond donors (Lipinski definition) is 2. The van der Waals surface area contributed by atoms with Gasteiger partial charge in [-0.2, -0.15) is 0 Å². The van der Waals surface area contributed by atoms with E-state index in [-0.39, 0.29) is 18.2 Å². The van der Waals surface area contributed by atoms with E-state index in [9.17, 15) is 4.79 Å². The number of carbonyl (C=O) groups is 1. The van der Waals surface area contributed by atoms with Crippen LogP contribution in [0.5, 0.6) is 0 Å². The molecule has 1 heterocycles. The van der Waals surface area contributed by atoms with Gasteiger partial charge in [-0.05, 0) is 56.9 Å². The van der Waals surface area contributed by atoms with Gasteiger partial charge in [0.15, 0.2) is 0 Å². The number of likely N-dealkylation sites (tertiary alicyclic amines) is 1. The molecule has 1 aromatic carbocycles. The smallest absolute Gasteiger partial charge is 0.317 e. The Kier molecular flexibility index (Phi) is 11.5. The van der Waals surface area contributed by atoms with Crippen LogP contribution >= 0.6 is 0 Å². The van der Waals surface area contributed by atoms with Crippen LogP contribution in [0.1, 0.15) is 83.1 Å². The van der Waals surface area contributed by atoms with Crippen LogP contribution in [-0.2, 0) is 11.2 Å². The Morgan fingerprint density at radius 2 is 1.91 bits per heavy atom. The average Bonchev–Trinajstić information content (AvgIpc) is 2.86. The van der Waals surface area contributed by atoms with E-state index in [1.165, 1.54) is 50.5 Å². The minimum absolute atomic E-state index is 0.0743. The maximum atomic E-state index is 13.1. The molecular formula is C28H47N3O2. The highest BCUT2D eigenvalue weighted by molar-refractivity contribution is 5.74. The summed E-state index contributed by atoms with van der Waals surface area (Å²) in [6.07, 6.45) is 14.6. The fourth-order valence-electron chi connectivity index (χ4n) is 5.79. The first kappa shape index (κ1) is 26.0. The molecule has 1 saturated heterocycles. The van der Waals surface area contributed by atoms with E-state index in [0.29, 0.717) is 12.5 Å². The lowest BCUT2D eigenvalue weighted by molar-refractivity contribution is -0.00839. The van der Waals surface area contributed by atoms with Gasteiger partial charge in [-0.3, -0.25) is 0 Å². The second-order valence-electron chi connectivity index (χ2n) is 10.2. The predicted molar refractivity (Wildman–Crippen MR) is 136 cm³/mol. The molecule has 3 atom stereocenters. The summed E-state index contributed by atoms with van der Waals surface area (Å²) in [6, 6.07) is 10.9. The Hall–Kier alpha value is -1.59. The van der Waals surface area contributed by atoms with Crippen molar-refractivity contribution in [2.45, 2.75) is 96.1 Å². The number of nitrogens with two attached hydrogens (primary N) is 1. The van der Waals surface area contributed by atoms with Crippen molar-refractivity contribution in [2.75, 3.05) is 26.2 Å². The van der Waals surface area contributed by atoms with Crippen molar-refractivity contribution >= 4 is 6.03 Å². The number of piperidine rings is 1. The van der Waals surface area contributed by atoms with Gasteiger partial charge in [0.2, 0.25) is 0 Å². The van der Waals surface area contributed by atoms with Crippen molar-refractivity contribution in [3.05, 3.63) is 35.9 Å². The van der Waals surface area contributed by atoms with Gasteiger partial charge in [0.25, 0.3) is 0 Å². The molecule has 0 unspecified atom stereocenters. The number of carbonyl (C=O) groups excluding carboxylic acids is 1. The fourth-order valence-corrected chi connectivity index (χ4v) is 5.79. The zero-order valence-electron chi connectivity index (χ0n) is 20.9. The summed E-state index contributed by atoms with van der Waals surface area (Å²) in [6.45, 7) is 5.00. The molecule has 2 fully saturated rings. The lowest BCUT2D eigenvalue weighted by Gasteiger charge is -2.38. The van der Waals surface area contributed by atoms with E-state index >= 15 is 0 Å². The Balaban J connectivity index is 1.44. The van der Waals surface area contributed by atoms with Crippen molar-refractivity contribution in [3.8, 4) is 0 Å². The van der Waals surface area contributed by atoms with Crippen LogP contribution in [0.15, 0.2) is 30.3 Å². The molecule has 1 aliphatic carbocycles. The molecule has 1 aromatic rings. The Bertz CT molecular complexity index is 662. The summed E-state index contributed by atoms with van der Waals surface area (Å²) in [4.78, 5) is 15.1. The summed E-state index contributed by atoms with van der Waals surface area (Å²) < 4.78 is 6.19. The van der Waals surface area contributed by atoms with Crippen LogP contribution in [-0.4, -0.2) is 49.3 Å². The minimum Gasteiger partial charge on any atom is -0.378 e. The third-order valence-electron chi connectivity index (χ3n) is 7.65. The van der Waals surface area contributed by atoms with E-state index in [1.54, 1.807) is 0 Å². The maximum Gasteiger partial charge on any atom is 0.317 e. The quantitative estimate of drug-likeness (QED) is 0.406. The molecule has 1 saturated carbocycles. The molecule has 186 valence electrons. The summed E-state index contributed by atoms with van der Waals surface area (Å²) in [7, 11) is 0. The number of hydrogen-bond acceptors (Lipinski definition) is 3. The number of benzene rings is 1. The Morgan fingerprint density at radius 3 is 2.64 bits per heavy atom. The topological polar surface area (TPSA) is 67.6 Å². The van der Waals surface area contributed by atoms with Crippen molar-refractivity contribution < 1.29 is 9.53 Å². The number of aryl methyl sites for hydroxylation is 1. The first-order valence-corrected chi connectivity index (χ1v) is 13.6. The van der Waals surface area contributed by atoms with Crippen LogP contribution in [0, 0.1) is 11.8 Å². The standard InChI is InChI=1S/C28H47N3O2/c1-2-33-27(18-10-9-14-23-12-5-3-6-13-23)25-17-11-19-31(22-25)28(32)30-26(21-29)20-24-15-7-4-8-16-24/h3,5-6,12-13,24-27H,2,4,7-11,14-22,29H2,1H3,(H,30,32)/t25-,26-,27+/m0/s1. The normalized spacial score (nSPS) is 21.5. The highest BCUT2D eigenvalue weighted by Crippen LogP contribution is 2.28. The molecule has 0 radical (unpaired) electrons. The molecular weight excluding hydrogens is 410 g/mol. The number of nitrogens with one attached hydrogen (secondary N) is 1. The number of rotatable bonds is 12. The van der Waals surface area contributed by atoms with Crippen LogP contribution in [0.4, 0.5) is 4.79 Å². The Labute approximate surface area is 201 Å². The SMILES string of the molecule is CCO[C@H](CCCCc1ccccc1)[C@H]1CCCN(C(=O)N[C@H](CN)CC2CCCCC2)C1. The maximum absolute atomic E-state index is 13.1. The van der Waals surface area contributed by atoms with E-state index in [4.69, 9.17) is 10.5 Å². The zero-order chi connectivity index (χ0) is 23.3. The average molecular weight is 458 g/mol. The number of nitrogens with zero attached hydrogens (tertiary/aromatic N) is 1. The highest BCUT2D eigenvalue weighted by Gasteiger charge is 2.30. The van der Waals surface area contributed by atoms with E-state index < -0.39 is 0 Å². The molecule has 2 amide bonds. The molecule has 0 bridgehead atoms. The zero-order valence-corrected chi connectivity index (χ0v) is 20.9. The number of amides is 2. The summed E-state index contributed by atoms with van der Waals surface area (Å²) in [5.74, 6) is 1.15.